The van der Waals surface area contributed by atoms with E-state index in [2.05, 4.69) is 14.9 Å². The monoisotopic (exact) mass is 342 g/mol. The molecule has 2 aromatic rings. The molecule has 1 heterocycles. The predicted octanol–water partition coefficient (Wildman–Crippen LogP) is 2.08. The first-order valence-corrected chi connectivity index (χ1v) is 8.97. The summed E-state index contributed by atoms with van der Waals surface area (Å²) in [6.07, 6.45) is 3.13. The fraction of sp³-hybridized carbons (Fsp3) is 0.429. The summed E-state index contributed by atoms with van der Waals surface area (Å²) in [5.41, 5.74) is 0.653. The molecule has 0 unspecified atom stereocenters. The van der Waals surface area contributed by atoms with E-state index in [1.165, 1.54) is 4.80 Å². The fourth-order valence-corrected chi connectivity index (χ4v) is 3.74. The van der Waals surface area contributed by atoms with Gasteiger partial charge in [-0.1, -0.05) is 37.6 Å². The Morgan fingerprint density at radius 1 is 1.27 bits per heavy atom. The maximum atomic E-state index is 12.4. The molecule has 8 heteroatoms. The van der Waals surface area contributed by atoms with E-state index in [-0.39, 0.29) is 17.7 Å². The number of nitrogens with one attached hydrogen (secondary N) is 1. The zero-order chi connectivity index (χ0) is 16.2. The van der Waals surface area contributed by atoms with Crippen LogP contribution in [0.2, 0.25) is 5.02 Å². The van der Waals surface area contributed by atoms with E-state index in [1.54, 1.807) is 36.7 Å². The molecule has 1 N–H and O–H groups in total. The molecule has 0 aliphatic rings. The van der Waals surface area contributed by atoms with Crippen LogP contribution in [-0.2, 0) is 22.3 Å². The molecule has 2 rings (SSSR count). The molecule has 0 bridgehead atoms. The standard InChI is InChI=1S/C14H19ClN4O2S/c1-11(2)14(9-19-16-6-7-17-19)18-22(20,21)10-12-4-3-5-13(15)8-12/h3-8,11,14,18H,9-10H2,1-2H3/t14-/m0/s1. The van der Waals surface area contributed by atoms with Crippen molar-refractivity contribution in [2.75, 3.05) is 0 Å². The highest BCUT2D eigenvalue weighted by Crippen LogP contribution is 2.14. The second kappa shape index (κ2) is 7.21. The first-order chi connectivity index (χ1) is 10.4. The Balaban J connectivity index is 2.07. The molecule has 0 saturated heterocycles. The minimum atomic E-state index is -3.48. The lowest BCUT2D eigenvalue weighted by Crippen LogP contribution is -2.42. The summed E-state index contributed by atoms with van der Waals surface area (Å²) in [5, 5.41) is 8.56. The van der Waals surface area contributed by atoms with Crippen molar-refractivity contribution in [1.29, 1.82) is 0 Å². The Kier molecular flexibility index (Phi) is 5.55. The molecule has 0 fully saturated rings. The van der Waals surface area contributed by atoms with Crippen molar-refractivity contribution >= 4 is 21.6 Å². The van der Waals surface area contributed by atoms with Crippen molar-refractivity contribution in [3.8, 4) is 0 Å². The van der Waals surface area contributed by atoms with Crippen molar-refractivity contribution in [3.63, 3.8) is 0 Å². The van der Waals surface area contributed by atoms with Crippen molar-refractivity contribution in [2.24, 2.45) is 5.92 Å². The summed E-state index contributed by atoms with van der Waals surface area (Å²) >= 11 is 5.89. The van der Waals surface area contributed by atoms with E-state index in [9.17, 15) is 8.42 Å². The summed E-state index contributed by atoms with van der Waals surface area (Å²) < 4.78 is 27.4. The van der Waals surface area contributed by atoms with Crippen molar-refractivity contribution < 1.29 is 8.42 Å². The lowest BCUT2D eigenvalue weighted by molar-refractivity contribution is 0.361. The van der Waals surface area contributed by atoms with Gasteiger partial charge in [0.2, 0.25) is 10.0 Å². The molecule has 1 aromatic carbocycles. The van der Waals surface area contributed by atoms with Crippen molar-refractivity contribution in [1.82, 2.24) is 19.7 Å². The molecule has 0 aliphatic carbocycles. The topological polar surface area (TPSA) is 76.9 Å². The van der Waals surface area contributed by atoms with Gasteiger partial charge in [0.15, 0.2) is 0 Å². The van der Waals surface area contributed by atoms with Crippen LogP contribution >= 0.6 is 11.6 Å². The average molecular weight is 343 g/mol. The first kappa shape index (κ1) is 16.9. The van der Waals surface area contributed by atoms with Crippen LogP contribution in [0.1, 0.15) is 19.4 Å². The number of benzene rings is 1. The van der Waals surface area contributed by atoms with Gasteiger partial charge in [-0.25, -0.2) is 13.1 Å². The number of aromatic nitrogens is 3. The van der Waals surface area contributed by atoms with Crippen LogP contribution in [0.25, 0.3) is 0 Å². The van der Waals surface area contributed by atoms with Crippen LogP contribution < -0.4 is 4.72 Å². The minimum Gasteiger partial charge on any atom is -0.212 e. The highest BCUT2D eigenvalue weighted by Gasteiger charge is 2.22. The smallest absolute Gasteiger partial charge is 0.212 e. The molecular weight excluding hydrogens is 324 g/mol. The van der Waals surface area contributed by atoms with Crippen molar-refractivity contribution in [2.45, 2.75) is 32.2 Å². The quantitative estimate of drug-likeness (QED) is 0.835. The van der Waals surface area contributed by atoms with Crippen LogP contribution in [-0.4, -0.2) is 29.5 Å². The van der Waals surface area contributed by atoms with Crippen LogP contribution in [0.15, 0.2) is 36.7 Å². The van der Waals surface area contributed by atoms with E-state index < -0.39 is 10.0 Å². The number of hydrogen-bond donors (Lipinski definition) is 1. The van der Waals surface area contributed by atoms with Gasteiger partial charge in [0.25, 0.3) is 0 Å². The number of rotatable bonds is 7. The van der Waals surface area contributed by atoms with Gasteiger partial charge < -0.3 is 0 Å². The van der Waals surface area contributed by atoms with Crippen molar-refractivity contribution in [3.05, 3.63) is 47.2 Å². The zero-order valence-corrected chi connectivity index (χ0v) is 14.0. The third-order valence-corrected chi connectivity index (χ3v) is 4.82. The first-order valence-electron chi connectivity index (χ1n) is 6.94. The lowest BCUT2D eigenvalue weighted by atomic mass is 10.1. The average Bonchev–Trinajstić information content (AvgIpc) is 2.90. The third kappa shape index (κ3) is 5.08. The fourth-order valence-electron chi connectivity index (χ4n) is 2.02. The molecule has 1 atom stereocenters. The van der Waals surface area contributed by atoms with Gasteiger partial charge in [0.05, 0.1) is 24.7 Å². The van der Waals surface area contributed by atoms with Gasteiger partial charge in [0, 0.05) is 11.1 Å². The maximum absolute atomic E-state index is 12.4. The van der Waals surface area contributed by atoms with Crippen LogP contribution in [0.5, 0.6) is 0 Å². The normalized spacial score (nSPS) is 13.5. The summed E-state index contributed by atoms with van der Waals surface area (Å²) in [5.74, 6) is 0.00342. The van der Waals surface area contributed by atoms with E-state index >= 15 is 0 Å². The second-order valence-electron chi connectivity index (χ2n) is 5.44. The van der Waals surface area contributed by atoms with Gasteiger partial charge in [-0.3, -0.25) is 0 Å². The maximum Gasteiger partial charge on any atom is 0.216 e. The van der Waals surface area contributed by atoms with Crippen LogP contribution in [0.3, 0.4) is 0 Å². The molecule has 0 amide bonds. The Bertz CT molecular complexity index is 701. The van der Waals surface area contributed by atoms with E-state index in [0.29, 0.717) is 17.1 Å². The highest BCUT2D eigenvalue weighted by atomic mass is 35.5. The van der Waals surface area contributed by atoms with Gasteiger partial charge in [0.1, 0.15) is 0 Å². The third-order valence-electron chi connectivity index (χ3n) is 3.21. The summed E-state index contributed by atoms with van der Waals surface area (Å²) in [6, 6.07) is 6.56. The largest absolute Gasteiger partial charge is 0.216 e. The van der Waals surface area contributed by atoms with Gasteiger partial charge in [-0.05, 0) is 23.6 Å². The number of sulfonamides is 1. The number of halogens is 1. The van der Waals surface area contributed by atoms with E-state index in [4.69, 9.17) is 11.6 Å². The summed E-state index contributed by atoms with van der Waals surface area (Å²) in [7, 11) is -3.48. The minimum absolute atomic E-state index is 0.108. The van der Waals surface area contributed by atoms with E-state index in [0.717, 1.165) is 0 Å². The molecule has 6 nitrogen and oxygen atoms in total. The lowest BCUT2D eigenvalue weighted by Gasteiger charge is -2.21. The van der Waals surface area contributed by atoms with Crippen LogP contribution in [0.4, 0.5) is 0 Å². The highest BCUT2D eigenvalue weighted by molar-refractivity contribution is 7.88. The molecule has 0 radical (unpaired) electrons. The van der Waals surface area contributed by atoms with Gasteiger partial charge >= 0.3 is 0 Å². The SMILES string of the molecule is CC(C)[C@H](Cn1nccn1)NS(=O)(=O)Cc1cccc(Cl)c1. The summed E-state index contributed by atoms with van der Waals surface area (Å²) in [4.78, 5) is 1.48. The predicted molar refractivity (Wildman–Crippen MR) is 85.9 cm³/mol. The molecule has 120 valence electrons. The molecule has 1 aromatic heterocycles. The molecule has 0 spiro atoms. The molecule has 0 saturated carbocycles. The van der Waals surface area contributed by atoms with Gasteiger partial charge in [-0.15, -0.1) is 0 Å². The zero-order valence-electron chi connectivity index (χ0n) is 12.5. The van der Waals surface area contributed by atoms with E-state index in [1.807, 2.05) is 13.8 Å². The second-order valence-corrected chi connectivity index (χ2v) is 7.63. The van der Waals surface area contributed by atoms with Gasteiger partial charge in [-0.2, -0.15) is 15.0 Å². The van der Waals surface area contributed by atoms with Crippen LogP contribution in [0, 0.1) is 5.92 Å². The molecular formula is C14H19ClN4O2S. The Labute approximate surface area is 135 Å². The molecule has 0 aliphatic heterocycles. The number of hydrogen-bond acceptors (Lipinski definition) is 4. The summed E-state index contributed by atoms with van der Waals surface area (Å²) in [6.45, 7) is 4.30. The Hall–Kier alpha value is -1.44. The number of nitrogens with zero attached hydrogens (tertiary/aromatic N) is 3. The Morgan fingerprint density at radius 3 is 2.55 bits per heavy atom. The molecule has 22 heavy (non-hydrogen) atoms. The Morgan fingerprint density at radius 2 is 1.95 bits per heavy atom.